The van der Waals surface area contributed by atoms with E-state index >= 15 is 0 Å². The molecule has 2 N–H and O–H groups in total. The van der Waals surface area contributed by atoms with Crippen LogP contribution in [0.5, 0.6) is 0 Å². The maximum absolute atomic E-state index is 9.62. The summed E-state index contributed by atoms with van der Waals surface area (Å²) in [6, 6.07) is 9.02. The SMILES string of the molecule is CCNC(=NCC1(CO)COC1)N1CCN(C(C)c2ccc(Br)cc2)CC1.I. The Balaban J connectivity index is 0.00000280. The number of aliphatic imine (C=N–C) groups is 1. The van der Waals surface area contributed by atoms with E-state index in [4.69, 9.17) is 9.73 Å². The highest BCUT2D eigenvalue weighted by Crippen LogP contribution is 2.27. The predicted octanol–water partition coefficient (Wildman–Crippen LogP) is 2.72. The summed E-state index contributed by atoms with van der Waals surface area (Å²) in [7, 11) is 0. The molecule has 0 radical (unpaired) electrons. The molecule has 0 amide bonds. The van der Waals surface area contributed by atoms with Gasteiger partial charge >= 0.3 is 0 Å². The van der Waals surface area contributed by atoms with Gasteiger partial charge in [-0.3, -0.25) is 9.89 Å². The van der Waals surface area contributed by atoms with Crippen molar-refractivity contribution in [1.29, 1.82) is 0 Å². The van der Waals surface area contributed by atoms with Crippen molar-refractivity contribution in [2.24, 2.45) is 10.4 Å². The second-order valence-corrected chi connectivity index (χ2v) is 8.49. The fraction of sp³-hybridized carbons (Fsp3) is 0.650. The van der Waals surface area contributed by atoms with Gasteiger partial charge in [0.05, 0.1) is 31.8 Å². The monoisotopic (exact) mass is 566 g/mol. The topological polar surface area (TPSA) is 60.3 Å². The average Bonchev–Trinajstić information content (AvgIpc) is 2.67. The van der Waals surface area contributed by atoms with Gasteiger partial charge in [-0.05, 0) is 31.5 Å². The minimum absolute atomic E-state index is 0. The Kier molecular flexibility index (Phi) is 9.46. The first-order chi connectivity index (χ1) is 13.1. The number of nitrogens with one attached hydrogen (secondary N) is 1. The number of benzene rings is 1. The maximum Gasteiger partial charge on any atom is 0.194 e. The van der Waals surface area contributed by atoms with Gasteiger partial charge in [0.25, 0.3) is 0 Å². The third kappa shape index (κ3) is 5.81. The summed E-state index contributed by atoms with van der Waals surface area (Å²) in [6.07, 6.45) is 0. The Labute approximate surface area is 193 Å². The molecular formula is C20H32BrIN4O2. The molecule has 2 aliphatic rings. The van der Waals surface area contributed by atoms with Gasteiger partial charge in [-0.25, -0.2) is 0 Å². The molecule has 0 aromatic heterocycles. The summed E-state index contributed by atoms with van der Waals surface area (Å²) in [5.41, 5.74) is 1.17. The van der Waals surface area contributed by atoms with Crippen LogP contribution in [0.2, 0.25) is 0 Å². The van der Waals surface area contributed by atoms with Crippen LogP contribution in [0.1, 0.15) is 25.5 Å². The van der Waals surface area contributed by atoms with E-state index in [0.717, 1.165) is 43.2 Å². The molecule has 158 valence electrons. The van der Waals surface area contributed by atoms with Gasteiger partial charge in [-0.1, -0.05) is 28.1 Å². The average molecular weight is 567 g/mol. The summed E-state index contributed by atoms with van der Waals surface area (Å²) in [4.78, 5) is 9.67. The predicted molar refractivity (Wildman–Crippen MR) is 127 cm³/mol. The maximum atomic E-state index is 9.62. The highest BCUT2D eigenvalue weighted by molar-refractivity contribution is 14.0. The van der Waals surface area contributed by atoms with Crippen LogP contribution in [0.3, 0.4) is 0 Å². The fourth-order valence-electron chi connectivity index (χ4n) is 3.56. The minimum Gasteiger partial charge on any atom is -0.396 e. The molecule has 2 fully saturated rings. The van der Waals surface area contributed by atoms with Crippen LogP contribution in [-0.4, -0.2) is 80.0 Å². The first-order valence-corrected chi connectivity index (χ1v) is 10.6. The van der Waals surface area contributed by atoms with Gasteiger partial charge in [0.15, 0.2) is 5.96 Å². The van der Waals surface area contributed by atoms with Gasteiger partial charge in [0.1, 0.15) is 0 Å². The number of nitrogens with zero attached hydrogens (tertiary/aromatic N) is 3. The summed E-state index contributed by atoms with van der Waals surface area (Å²) in [5, 5.41) is 13.0. The lowest BCUT2D eigenvalue weighted by Gasteiger charge is -2.41. The van der Waals surface area contributed by atoms with Gasteiger partial charge in [-0.2, -0.15) is 0 Å². The van der Waals surface area contributed by atoms with Gasteiger partial charge < -0.3 is 20.1 Å². The Bertz CT molecular complexity index is 626. The zero-order chi connectivity index (χ0) is 19.3. The van der Waals surface area contributed by atoms with Crippen LogP contribution in [0, 0.1) is 5.41 Å². The Morgan fingerprint density at radius 1 is 1.25 bits per heavy atom. The van der Waals surface area contributed by atoms with Gasteiger partial charge in [-0.15, -0.1) is 24.0 Å². The highest BCUT2D eigenvalue weighted by Gasteiger charge is 2.38. The molecule has 8 heteroatoms. The van der Waals surface area contributed by atoms with Crippen molar-refractivity contribution in [3.8, 4) is 0 Å². The molecule has 0 saturated carbocycles. The Morgan fingerprint density at radius 3 is 2.39 bits per heavy atom. The molecule has 1 aromatic carbocycles. The number of guanidine groups is 1. The molecule has 1 aromatic rings. The van der Waals surface area contributed by atoms with Crippen LogP contribution >= 0.6 is 39.9 Å². The lowest BCUT2D eigenvalue weighted by atomic mass is 9.87. The third-order valence-electron chi connectivity index (χ3n) is 5.56. The fourth-order valence-corrected chi connectivity index (χ4v) is 3.83. The number of halogens is 2. The van der Waals surface area contributed by atoms with Crippen molar-refractivity contribution in [2.75, 3.05) is 59.1 Å². The first kappa shape index (κ1) is 23.9. The number of aliphatic hydroxyl groups excluding tert-OH is 1. The third-order valence-corrected chi connectivity index (χ3v) is 6.09. The van der Waals surface area contributed by atoms with Crippen LogP contribution < -0.4 is 5.32 Å². The molecule has 28 heavy (non-hydrogen) atoms. The smallest absolute Gasteiger partial charge is 0.194 e. The standard InChI is InChI=1S/C20H31BrN4O2.HI/c1-3-22-19(23-12-20(13-26)14-27-15-20)25-10-8-24(9-11-25)16(2)17-4-6-18(21)7-5-17;/h4-7,16,26H,3,8-15H2,1-2H3,(H,22,23);1H. The summed E-state index contributed by atoms with van der Waals surface area (Å²) in [5.74, 6) is 0.952. The van der Waals surface area contributed by atoms with Crippen LogP contribution in [0.25, 0.3) is 0 Å². The van der Waals surface area contributed by atoms with Crippen molar-refractivity contribution in [1.82, 2.24) is 15.1 Å². The van der Waals surface area contributed by atoms with Crippen molar-refractivity contribution < 1.29 is 9.84 Å². The van der Waals surface area contributed by atoms with E-state index in [9.17, 15) is 5.11 Å². The number of aliphatic hydroxyl groups is 1. The second kappa shape index (κ2) is 11.1. The lowest BCUT2D eigenvalue weighted by Crippen LogP contribution is -2.54. The molecule has 0 bridgehead atoms. The lowest BCUT2D eigenvalue weighted by molar-refractivity contribution is -0.130. The van der Waals surface area contributed by atoms with Crippen molar-refractivity contribution in [3.63, 3.8) is 0 Å². The van der Waals surface area contributed by atoms with Crippen LogP contribution in [-0.2, 0) is 4.74 Å². The molecule has 6 nitrogen and oxygen atoms in total. The van der Waals surface area contributed by atoms with E-state index in [1.807, 2.05) is 0 Å². The van der Waals surface area contributed by atoms with Crippen LogP contribution in [0.4, 0.5) is 0 Å². The van der Waals surface area contributed by atoms with E-state index in [1.54, 1.807) is 0 Å². The minimum atomic E-state index is -0.182. The normalized spacial score (nSPS) is 20.9. The number of hydrogen-bond donors (Lipinski definition) is 2. The van der Waals surface area contributed by atoms with Gasteiger partial charge in [0.2, 0.25) is 0 Å². The second-order valence-electron chi connectivity index (χ2n) is 7.57. The molecule has 2 saturated heterocycles. The Morgan fingerprint density at radius 2 is 1.89 bits per heavy atom. The van der Waals surface area contributed by atoms with E-state index in [-0.39, 0.29) is 36.0 Å². The van der Waals surface area contributed by atoms with E-state index in [1.165, 1.54) is 5.56 Å². The summed E-state index contributed by atoms with van der Waals surface area (Å²) < 4.78 is 6.40. The van der Waals surface area contributed by atoms with E-state index in [0.29, 0.717) is 25.8 Å². The van der Waals surface area contributed by atoms with Crippen molar-refractivity contribution in [2.45, 2.75) is 19.9 Å². The zero-order valence-corrected chi connectivity index (χ0v) is 20.7. The van der Waals surface area contributed by atoms with E-state index < -0.39 is 0 Å². The molecule has 2 heterocycles. The number of rotatable bonds is 6. The quantitative estimate of drug-likeness (QED) is 0.315. The zero-order valence-electron chi connectivity index (χ0n) is 16.7. The van der Waals surface area contributed by atoms with Crippen molar-refractivity contribution in [3.05, 3.63) is 34.3 Å². The highest BCUT2D eigenvalue weighted by atomic mass is 127. The Hall–Kier alpha value is -0.420. The number of hydrogen-bond acceptors (Lipinski definition) is 4. The van der Waals surface area contributed by atoms with E-state index in [2.05, 4.69) is 69.2 Å². The summed E-state index contributed by atoms with van der Waals surface area (Å²) in [6.45, 7) is 11.1. The van der Waals surface area contributed by atoms with Crippen molar-refractivity contribution >= 4 is 45.9 Å². The summed E-state index contributed by atoms with van der Waals surface area (Å²) >= 11 is 3.51. The number of ether oxygens (including phenoxy) is 1. The molecule has 3 rings (SSSR count). The molecule has 0 spiro atoms. The molecule has 2 aliphatic heterocycles. The molecular weight excluding hydrogens is 535 g/mol. The molecule has 0 aliphatic carbocycles. The molecule has 1 unspecified atom stereocenters. The largest absolute Gasteiger partial charge is 0.396 e. The van der Waals surface area contributed by atoms with Crippen LogP contribution in [0.15, 0.2) is 33.7 Å². The molecule has 1 atom stereocenters. The van der Waals surface area contributed by atoms with Gasteiger partial charge in [0, 0.05) is 43.2 Å². The number of piperazine rings is 1. The first-order valence-electron chi connectivity index (χ1n) is 9.78.